The zero-order valence-electron chi connectivity index (χ0n) is 14.5. The molecule has 1 N–H and O–H groups in total. The highest BCUT2D eigenvalue weighted by Gasteiger charge is 2.02. The maximum Gasteiger partial charge on any atom is 0.166 e. The van der Waals surface area contributed by atoms with Gasteiger partial charge in [-0.25, -0.2) is 9.97 Å². The van der Waals surface area contributed by atoms with E-state index in [-0.39, 0.29) is 0 Å². The number of aromatic nitrogens is 3. The van der Waals surface area contributed by atoms with Gasteiger partial charge in [-0.15, -0.1) is 11.8 Å². The molecule has 3 nitrogen and oxygen atoms in total. The molecule has 0 unspecified atom stereocenters. The topological polar surface area (TPSA) is 41.6 Å². The number of aromatic amines is 1. The second-order valence-electron chi connectivity index (χ2n) is 6.05. The lowest BCUT2D eigenvalue weighted by Crippen LogP contribution is -1.86. The van der Waals surface area contributed by atoms with Crippen molar-refractivity contribution in [2.24, 2.45) is 0 Å². The van der Waals surface area contributed by atoms with Gasteiger partial charge in [0.1, 0.15) is 0 Å². The van der Waals surface area contributed by atoms with Crippen LogP contribution in [0.5, 0.6) is 0 Å². The Balaban J connectivity index is 1.18. The minimum atomic E-state index is 1.05. The zero-order chi connectivity index (χ0) is 17.2. The molecule has 2 aromatic heterocycles. The normalized spacial score (nSPS) is 11.2. The van der Waals surface area contributed by atoms with Crippen LogP contribution in [0, 0.1) is 0 Å². The lowest BCUT2D eigenvalue weighted by Gasteiger charge is -2.02. The number of unbranched alkanes of at least 4 members (excludes halogenated alkanes) is 5. The summed E-state index contributed by atoms with van der Waals surface area (Å²) in [5.74, 6) is 2.33. The molecule has 0 aliphatic heterocycles. The van der Waals surface area contributed by atoms with Crippen LogP contribution >= 0.6 is 23.5 Å². The van der Waals surface area contributed by atoms with Crippen LogP contribution in [0.4, 0.5) is 0 Å². The molecule has 2 heterocycles. The maximum atomic E-state index is 4.61. The van der Waals surface area contributed by atoms with E-state index < -0.39 is 0 Å². The first kappa shape index (κ1) is 18.3. The Morgan fingerprint density at radius 1 is 0.760 bits per heavy atom. The van der Waals surface area contributed by atoms with Gasteiger partial charge < -0.3 is 4.98 Å². The van der Waals surface area contributed by atoms with Gasteiger partial charge in [-0.3, -0.25) is 0 Å². The highest BCUT2D eigenvalue weighted by Crippen LogP contribution is 2.21. The maximum absolute atomic E-state index is 4.61. The van der Waals surface area contributed by atoms with Gasteiger partial charge in [-0.1, -0.05) is 55.6 Å². The average Bonchev–Trinajstić information content (AvgIpc) is 3.07. The van der Waals surface area contributed by atoms with Crippen molar-refractivity contribution in [1.82, 2.24) is 15.0 Å². The molecule has 132 valence electrons. The number of thioether (sulfide) groups is 2. The van der Waals surface area contributed by atoms with Gasteiger partial charge in [0.15, 0.2) is 5.16 Å². The molecule has 0 saturated heterocycles. The summed E-state index contributed by atoms with van der Waals surface area (Å²) >= 11 is 3.71. The molecular formula is C20H25N3S2. The number of hydrogen-bond donors (Lipinski definition) is 1. The number of fused-ring (bicyclic) bond motifs is 1. The van der Waals surface area contributed by atoms with Crippen LogP contribution in [-0.4, -0.2) is 26.5 Å². The minimum absolute atomic E-state index is 1.05. The van der Waals surface area contributed by atoms with Crippen molar-refractivity contribution in [3.05, 3.63) is 48.7 Å². The summed E-state index contributed by atoms with van der Waals surface area (Å²) in [6.45, 7) is 0. The molecule has 5 heteroatoms. The van der Waals surface area contributed by atoms with Gasteiger partial charge >= 0.3 is 0 Å². The smallest absolute Gasteiger partial charge is 0.166 e. The highest BCUT2D eigenvalue weighted by molar-refractivity contribution is 7.99. The van der Waals surface area contributed by atoms with E-state index in [1.807, 2.05) is 47.9 Å². The zero-order valence-corrected chi connectivity index (χ0v) is 16.1. The fraction of sp³-hybridized carbons (Fsp3) is 0.400. The molecule has 0 bridgehead atoms. The predicted molar refractivity (Wildman–Crippen MR) is 109 cm³/mol. The third kappa shape index (κ3) is 6.40. The molecule has 0 amide bonds. The third-order valence-corrected chi connectivity index (χ3v) is 6.02. The largest absolute Gasteiger partial charge is 0.333 e. The minimum Gasteiger partial charge on any atom is -0.333 e. The number of nitrogens with one attached hydrogen (secondary N) is 1. The summed E-state index contributed by atoms with van der Waals surface area (Å²) in [6, 6.07) is 14.3. The lowest BCUT2D eigenvalue weighted by molar-refractivity contribution is 0.629. The molecule has 3 rings (SSSR count). The van der Waals surface area contributed by atoms with Gasteiger partial charge in [-0.05, 0) is 42.9 Å². The Morgan fingerprint density at radius 3 is 2.24 bits per heavy atom. The summed E-state index contributed by atoms with van der Waals surface area (Å²) in [4.78, 5) is 12.3. The van der Waals surface area contributed by atoms with E-state index in [0.717, 1.165) is 27.0 Å². The Labute approximate surface area is 158 Å². The summed E-state index contributed by atoms with van der Waals surface area (Å²) in [5.41, 5.74) is 2.20. The predicted octanol–water partition coefficient (Wildman–Crippen LogP) is 6.18. The second kappa shape index (κ2) is 10.5. The fourth-order valence-corrected chi connectivity index (χ4v) is 4.44. The van der Waals surface area contributed by atoms with Gasteiger partial charge in [0.2, 0.25) is 0 Å². The third-order valence-electron chi connectivity index (χ3n) is 4.03. The molecule has 0 fully saturated rings. The Bertz CT molecular complexity index is 710. The summed E-state index contributed by atoms with van der Waals surface area (Å²) in [5, 5.41) is 2.19. The van der Waals surface area contributed by atoms with E-state index in [1.54, 1.807) is 0 Å². The number of benzene rings is 1. The number of imidazole rings is 1. The van der Waals surface area contributed by atoms with Crippen LogP contribution in [0.1, 0.15) is 38.5 Å². The van der Waals surface area contributed by atoms with Crippen LogP contribution < -0.4 is 0 Å². The fourth-order valence-electron chi connectivity index (χ4n) is 2.69. The van der Waals surface area contributed by atoms with Gasteiger partial charge in [-0.2, -0.15) is 0 Å². The van der Waals surface area contributed by atoms with E-state index in [1.165, 1.54) is 44.3 Å². The van der Waals surface area contributed by atoms with E-state index in [4.69, 9.17) is 0 Å². The van der Waals surface area contributed by atoms with Crippen LogP contribution in [0.2, 0.25) is 0 Å². The van der Waals surface area contributed by atoms with E-state index in [2.05, 4.69) is 39.2 Å². The van der Waals surface area contributed by atoms with Crippen molar-refractivity contribution in [3.8, 4) is 0 Å². The molecule has 0 saturated carbocycles. The molecule has 3 aromatic rings. The molecule has 0 radical (unpaired) electrons. The number of pyridine rings is 1. The van der Waals surface area contributed by atoms with Crippen molar-refractivity contribution >= 4 is 34.6 Å². The molecule has 0 aliphatic carbocycles. The van der Waals surface area contributed by atoms with Crippen LogP contribution in [0.3, 0.4) is 0 Å². The molecular weight excluding hydrogens is 346 g/mol. The second-order valence-corrected chi connectivity index (χ2v) is 8.24. The quantitative estimate of drug-likeness (QED) is 0.323. The first-order valence-corrected chi connectivity index (χ1v) is 11.0. The first-order chi connectivity index (χ1) is 12.4. The van der Waals surface area contributed by atoms with Gasteiger partial charge in [0.25, 0.3) is 0 Å². The van der Waals surface area contributed by atoms with Crippen molar-refractivity contribution in [2.75, 3.05) is 11.5 Å². The summed E-state index contributed by atoms with van der Waals surface area (Å²) < 4.78 is 0. The van der Waals surface area contributed by atoms with Crippen LogP contribution in [-0.2, 0) is 0 Å². The van der Waals surface area contributed by atoms with Crippen molar-refractivity contribution < 1.29 is 0 Å². The molecule has 0 spiro atoms. The Hall–Kier alpha value is -1.46. The monoisotopic (exact) mass is 371 g/mol. The SMILES string of the molecule is c1ccc(SCCCCCCCCSc2nc3ccccc3[nH]2)nc1. The molecule has 1 aromatic carbocycles. The van der Waals surface area contributed by atoms with E-state index >= 15 is 0 Å². The van der Waals surface area contributed by atoms with Crippen molar-refractivity contribution in [2.45, 2.75) is 48.7 Å². The van der Waals surface area contributed by atoms with Gasteiger partial charge in [0.05, 0.1) is 16.1 Å². The Kier molecular flexibility index (Phi) is 7.71. The van der Waals surface area contributed by atoms with Crippen molar-refractivity contribution in [1.29, 1.82) is 0 Å². The molecule has 25 heavy (non-hydrogen) atoms. The lowest BCUT2D eigenvalue weighted by atomic mass is 10.1. The van der Waals surface area contributed by atoms with E-state index in [0.29, 0.717) is 0 Å². The first-order valence-electron chi connectivity index (χ1n) is 9.03. The number of rotatable bonds is 11. The summed E-state index contributed by atoms with van der Waals surface area (Å²) in [6.07, 6.45) is 9.76. The van der Waals surface area contributed by atoms with E-state index in [9.17, 15) is 0 Å². The highest BCUT2D eigenvalue weighted by atomic mass is 32.2. The van der Waals surface area contributed by atoms with Crippen LogP contribution in [0.25, 0.3) is 11.0 Å². The average molecular weight is 372 g/mol. The summed E-state index contributed by atoms with van der Waals surface area (Å²) in [7, 11) is 0. The number of nitrogens with zero attached hydrogens (tertiary/aromatic N) is 2. The standard InChI is InChI=1S/C20H25N3S2/c1(3-9-15-24-19-13-7-8-14-21-19)2-4-10-16-25-20-22-17-11-5-6-12-18(17)23-20/h5-8,11-14H,1-4,9-10,15-16H2,(H,22,23). The van der Waals surface area contributed by atoms with Crippen LogP contribution in [0.15, 0.2) is 58.8 Å². The van der Waals surface area contributed by atoms with Crippen molar-refractivity contribution in [3.63, 3.8) is 0 Å². The van der Waals surface area contributed by atoms with Gasteiger partial charge in [0, 0.05) is 11.9 Å². The number of hydrogen-bond acceptors (Lipinski definition) is 4. The number of para-hydroxylation sites is 2. The Morgan fingerprint density at radius 2 is 1.48 bits per heavy atom. The number of H-pyrrole nitrogens is 1. The molecule has 0 atom stereocenters. The molecule has 0 aliphatic rings.